The molecule has 0 spiro atoms. The highest BCUT2D eigenvalue weighted by Crippen LogP contribution is 2.36. The van der Waals surface area contributed by atoms with Gasteiger partial charge in [0.1, 0.15) is 18.2 Å². The normalized spacial score (nSPS) is 15.9. The van der Waals surface area contributed by atoms with Crippen molar-refractivity contribution in [1.29, 1.82) is 0 Å². The predicted octanol–water partition coefficient (Wildman–Crippen LogP) is 4.37. The van der Waals surface area contributed by atoms with Gasteiger partial charge in [0, 0.05) is 30.3 Å². The molecule has 6 nitrogen and oxygen atoms in total. The Balaban J connectivity index is 1.66. The van der Waals surface area contributed by atoms with Crippen LogP contribution in [0.1, 0.15) is 31.4 Å². The highest BCUT2D eigenvalue weighted by atomic mass is 16.5. The fourth-order valence-electron chi connectivity index (χ4n) is 3.43. The minimum atomic E-state index is 0.112. The number of aromatic nitrogens is 2. The molecule has 146 valence electrons. The van der Waals surface area contributed by atoms with E-state index < -0.39 is 0 Å². The lowest BCUT2D eigenvalue weighted by Crippen LogP contribution is -2.26. The standard InChI is InChI=1S/C22H25N3O3/c1-15(16-6-4-3-5-7-16)25-22-18-12-21(28-17-8-10-27-11-9-17)20(26-2)13-19(18)23-14-24-22/h3-7,12-15,17H,8-11H2,1-2H3,(H,23,24,25)/t15-/m1/s1. The Morgan fingerprint density at radius 3 is 2.61 bits per heavy atom. The lowest BCUT2D eigenvalue weighted by Gasteiger charge is -2.24. The van der Waals surface area contributed by atoms with Crippen molar-refractivity contribution in [3.05, 3.63) is 54.4 Å². The molecule has 2 aromatic carbocycles. The zero-order valence-corrected chi connectivity index (χ0v) is 16.2. The molecule has 0 radical (unpaired) electrons. The lowest BCUT2D eigenvalue weighted by atomic mass is 10.1. The summed E-state index contributed by atoms with van der Waals surface area (Å²) in [6.45, 7) is 3.57. The van der Waals surface area contributed by atoms with Crippen molar-refractivity contribution >= 4 is 16.7 Å². The second-order valence-corrected chi connectivity index (χ2v) is 6.95. The summed E-state index contributed by atoms with van der Waals surface area (Å²) < 4.78 is 17.2. The van der Waals surface area contributed by atoms with Crippen molar-refractivity contribution in [2.45, 2.75) is 31.9 Å². The molecule has 1 atom stereocenters. The minimum Gasteiger partial charge on any atom is -0.493 e. The molecule has 1 aromatic heterocycles. The van der Waals surface area contributed by atoms with Crippen molar-refractivity contribution in [3.63, 3.8) is 0 Å². The first kappa shape index (κ1) is 18.5. The van der Waals surface area contributed by atoms with E-state index in [1.165, 1.54) is 5.56 Å². The Bertz CT molecular complexity index is 927. The summed E-state index contributed by atoms with van der Waals surface area (Å²) in [6, 6.07) is 14.3. The van der Waals surface area contributed by atoms with E-state index in [1.807, 2.05) is 30.3 Å². The molecular formula is C22H25N3O3. The summed E-state index contributed by atoms with van der Waals surface area (Å²) in [6.07, 6.45) is 3.45. The first-order chi connectivity index (χ1) is 13.7. The van der Waals surface area contributed by atoms with Gasteiger partial charge in [-0.25, -0.2) is 9.97 Å². The molecular weight excluding hydrogens is 354 g/mol. The van der Waals surface area contributed by atoms with Crippen LogP contribution in [0.3, 0.4) is 0 Å². The molecule has 0 unspecified atom stereocenters. The Hall–Kier alpha value is -2.86. The van der Waals surface area contributed by atoms with E-state index in [9.17, 15) is 0 Å². The number of methoxy groups -OCH3 is 1. The van der Waals surface area contributed by atoms with Crippen molar-refractivity contribution in [3.8, 4) is 11.5 Å². The highest BCUT2D eigenvalue weighted by molar-refractivity contribution is 5.91. The fraction of sp³-hybridized carbons (Fsp3) is 0.364. The largest absolute Gasteiger partial charge is 0.493 e. The Labute approximate surface area is 164 Å². The lowest BCUT2D eigenvalue weighted by molar-refractivity contribution is 0.0246. The van der Waals surface area contributed by atoms with Crippen LogP contribution in [0.4, 0.5) is 5.82 Å². The topological polar surface area (TPSA) is 65.5 Å². The fourth-order valence-corrected chi connectivity index (χ4v) is 3.43. The molecule has 2 heterocycles. The van der Waals surface area contributed by atoms with Gasteiger partial charge in [0.25, 0.3) is 0 Å². The number of anilines is 1. The van der Waals surface area contributed by atoms with E-state index in [4.69, 9.17) is 14.2 Å². The van der Waals surface area contributed by atoms with Gasteiger partial charge in [-0.2, -0.15) is 0 Å². The average Bonchev–Trinajstić information content (AvgIpc) is 2.75. The summed E-state index contributed by atoms with van der Waals surface area (Å²) in [5, 5.41) is 4.41. The van der Waals surface area contributed by atoms with Gasteiger partial charge < -0.3 is 19.5 Å². The maximum Gasteiger partial charge on any atom is 0.162 e. The maximum absolute atomic E-state index is 6.24. The second kappa shape index (κ2) is 8.44. The van der Waals surface area contributed by atoms with Crippen LogP contribution in [0.25, 0.3) is 10.9 Å². The maximum atomic E-state index is 6.24. The molecule has 1 aliphatic heterocycles. The van der Waals surface area contributed by atoms with Crippen LogP contribution in [-0.4, -0.2) is 36.4 Å². The van der Waals surface area contributed by atoms with Crippen LogP contribution in [0.15, 0.2) is 48.8 Å². The van der Waals surface area contributed by atoms with E-state index in [1.54, 1.807) is 13.4 Å². The molecule has 1 fully saturated rings. The molecule has 1 saturated heterocycles. The van der Waals surface area contributed by atoms with Crippen LogP contribution in [-0.2, 0) is 4.74 Å². The number of nitrogens with one attached hydrogen (secondary N) is 1. The van der Waals surface area contributed by atoms with E-state index in [-0.39, 0.29) is 12.1 Å². The number of benzene rings is 2. The minimum absolute atomic E-state index is 0.112. The van der Waals surface area contributed by atoms with Gasteiger partial charge in [0.2, 0.25) is 0 Å². The molecule has 4 rings (SSSR count). The Morgan fingerprint density at radius 1 is 1.07 bits per heavy atom. The molecule has 3 aromatic rings. The number of nitrogens with zero attached hydrogens (tertiary/aromatic N) is 2. The summed E-state index contributed by atoms with van der Waals surface area (Å²) in [5.41, 5.74) is 2.01. The molecule has 0 aliphatic carbocycles. The van der Waals surface area contributed by atoms with Crippen molar-refractivity contribution < 1.29 is 14.2 Å². The van der Waals surface area contributed by atoms with Crippen LogP contribution < -0.4 is 14.8 Å². The van der Waals surface area contributed by atoms with Crippen molar-refractivity contribution in [2.75, 3.05) is 25.6 Å². The number of hydrogen-bond acceptors (Lipinski definition) is 6. The molecule has 0 amide bonds. The van der Waals surface area contributed by atoms with Crippen molar-refractivity contribution in [1.82, 2.24) is 9.97 Å². The molecule has 0 saturated carbocycles. The molecule has 1 N–H and O–H groups in total. The van der Waals surface area contributed by atoms with Crippen LogP contribution in [0, 0.1) is 0 Å². The third-order valence-electron chi connectivity index (χ3n) is 5.04. The zero-order valence-electron chi connectivity index (χ0n) is 16.2. The van der Waals surface area contributed by atoms with Crippen LogP contribution >= 0.6 is 0 Å². The summed E-state index contributed by atoms with van der Waals surface area (Å²) in [7, 11) is 1.65. The van der Waals surface area contributed by atoms with Gasteiger partial charge in [-0.15, -0.1) is 0 Å². The van der Waals surface area contributed by atoms with Gasteiger partial charge in [0.15, 0.2) is 11.5 Å². The van der Waals surface area contributed by atoms with Gasteiger partial charge in [-0.3, -0.25) is 0 Å². The van der Waals surface area contributed by atoms with Crippen LogP contribution in [0.5, 0.6) is 11.5 Å². The number of ether oxygens (including phenoxy) is 3. The third kappa shape index (κ3) is 4.02. The average molecular weight is 379 g/mol. The van der Waals surface area contributed by atoms with Crippen molar-refractivity contribution in [2.24, 2.45) is 0 Å². The zero-order chi connectivity index (χ0) is 19.3. The van der Waals surface area contributed by atoms with E-state index >= 15 is 0 Å². The van der Waals surface area contributed by atoms with E-state index in [2.05, 4.69) is 34.3 Å². The first-order valence-electron chi connectivity index (χ1n) is 9.63. The smallest absolute Gasteiger partial charge is 0.162 e. The summed E-state index contributed by atoms with van der Waals surface area (Å²) in [5.74, 6) is 2.17. The molecule has 28 heavy (non-hydrogen) atoms. The predicted molar refractivity (Wildman–Crippen MR) is 109 cm³/mol. The third-order valence-corrected chi connectivity index (χ3v) is 5.04. The molecule has 0 bridgehead atoms. The van der Waals surface area contributed by atoms with Crippen LogP contribution in [0.2, 0.25) is 0 Å². The SMILES string of the molecule is COc1cc2ncnc(N[C@H](C)c3ccccc3)c2cc1OC1CCOCC1. The first-order valence-corrected chi connectivity index (χ1v) is 9.63. The molecule has 1 aliphatic rings. The Kier molecular flexibility index (Phi) is 5.58. The summed E-state index contributed by atoms with van der Waals surface area (Å²) >= 11 is 0. The number of rotatable bonds is 6. The van der Waals surface area contributed by atoms with Gasteiger partial charge in [0.05, 0.1) is 25.8 Å². The quantitative estimate of drug-likeness (QED) is 0.686. The van der Waals surface area contributed by atoms with E-state index in [0.717, 1.165) is 42.8 Å². The van der Waals surface area contributed by atoms with Gasteiger partial charge in [-0.05, 0) is 18.6 Å². The Morgan fingerprint density at radius 2 is 1.86 bits per heavy atom. The summed E-state index contributed by atoms with van der Waals surface area (Å²) in [4.78, 5) is 8.89. The monoisotopic (exact) mass is 379 g/mol. The van der Waals surface area contributed by atoms with Gasteiger partial charge in [-0.1, -0.05) is 30.3 Å². The number of hydrogen-bond donors (Lipinski definition) is 1. The highest BCUT2D eigenvalue weighted by Gasteiger charge is 2.19. The molecule has 6 heteroatoms. The second-order valence-electron chi connectivity index (χ2n) is 6.95. The number of fused-ring (bicyclic) bond motifs is 1. The van der Waals surface area contributed by atoms with Gasteiger partial charge >= 0.3 is 0 Å². The van der Waals surface area contributed by atoms with E-state index in [0.29, 0.717) is 11.5 Å².